The summed E-state index contributed by atoms with van der Waals surface area (Å²) < 4.78 is 27.1. The molecular formula is C14H27N3O2S. The highest BCUT2D eigenvalue weighted by molar-refractivity contribution is 7.89. The fraction of sp³-hybridized carbons (Fsp3) is 0.714. The van der Waals surface area contributed by atoms with Gasteiger partial charge in [-0.1, -0.05) is 34.6 Å². The number of aromatic nitrogens is 1. The normalized spacial score (nSPS) is 14.4. The Morgan fingerprint density at radius 2 is 2.00 bits per heavy atom. The van der Waals surface area contributed by atoms with Crippen molar-refractivity contribution in [3.05, 3.63) is 18.0 Å². The summed E-state index contributed by atoms with van der Waals surface area (Å²) in [7, 11) is -3.43. The lowest BCUT2D eigenvalue weighted by molar-refractivity contribution is 0.263. The van der Waals surface area contributed by atoms with Crippen LogP contribution < -0.4 is 10.0 Å². The highest BCUT2D eigenvalue weighted by atomic mass is 32.2. The Morgan fingerprint density at radius 1 is 1.35 bits per heavy atom. The predicted molar refractivity (Wildman–Crippen MR) is 82.0 cm³/mol. The van der Waals surface area contributed by atoms with Crippen LogP contribution in [0.1, 0.15) is 40.3 Å². The molecule has 3 N–H and O–H groups in total. The van der Waals surface area contributed by atoms with Gasteiger partial charge in [-0.2, -0.15) is 0 Å². The molecule has 1 unspecified atom stereocenters. The number of nitrogens with one attached hydrogen (secondary N) is 3. The Balaban J connectivity index is 2.67. The Hall–Kier alpha value is -0.850. The lowest BCUT2D eigenvalue weighted by atomic mass is 9.82. The minimum absolute atomic E-state index is 0.0802. The molecule has 1 heterocycles. The number of aromatic amines is 1. The molecule has 1 rings (SSSR count). The number of H-pyrrole nitrogens is 1. The zero-order valence-corrected chi connectivity index (χ0v) is 13.9. The Kier molecular flexibility index (Phi) is 5.79. The van der Waals surface area contributed by atoms with Crippen LogP contribution in [0.2, 0.25) is 0 Å². The van der Waals surface area contributed by atoms with Crippen molar-refractivity contribution in [3.8, 4) is 0 Å². The molecule has 5 nitrogen and oxygen atoms in total. The molecule has 20 heavy (non-hydrogen) atoms. The fourth-order valence-corrected chi connectivity index (χ4v) is 2.71. The van der Waals surface area contributed by atoms with Crippen molar-refractivity contribution in [1.82, 2.24) is 15.0 Å². The summed E-state index contributed by atoms with van der Waals surface area (Å²) in [5.74, 6) is 0.262. The minimum atomic E-state index is -3.43. The van der Waals surface area contributed by atoms with Crippen LogP contribution in [0.3, 0.4) is 0 Å². The smallest absolute Gasteiger partial charge is 0.242 e. The second-order valence-corrected chi connectivity index (χ2v) is 8.03. The molecule has 0 fully saturated rings. The van der Waals surface area contributed by atoms with Gasteiger partial charge in [-0.3, -0.25) is 0 Å². The zero-order chi connectivity index (χ0) is 15.4. The maximum absolute atomic E-state index is 12.2. The molecule has 1 aromatic heterocycles. The highest BCUT2D eigenvalue weighted by Gasteiger charge is 2.23. The largest absolute Gasteiger partial charge is 0.363 e. The van der Waals surface area contributed by atoms with Gasteiger partial charge >= 0.3 is 0 Å². The first-order chi connectivity index (χ1) is 9.16. The summed E-state index contributed by atoms with van der Waals surface area (Å²) in [6.07, 6.45) is 1.54. The van der Waals surface area contributed by atoms with E-state index in [-0.39, 0.29) is 11.3 Å². The molecule has 6 heteroatoms. The van der Waals surface area contributed by atoms with Crippen molar-refractivity contribution in [2.24, 2.45) is 11.3 Å². The Labute approximate surface area is 122 Å². The molecule has 0 aliphatic rings. The van der Waals surface area contributed by atoms with Gasteiger partial charge in [0.15, 0.2) is 0 Å². The first-order valence-electron chi connectivity index (χ1n) is 7.04. The van der Waals surface area contributed by atoms with Gasteiger partial charge in [-0.25, -0.2) is 13.1 Å². The van der Waals surface area contributed by atoms with E-state index < -0.39 is 10.0 Å². The van der Waals surface area contributed by atoms with E-state index in [0.717, 1.165) is 12.2 Å². The van der Waals surface area contributed by atoms with Crippen LogP contribution >= 0.6 is 0 Å². The van der Waals surface area contributed by atoms with Crippen molar-refractivity contribution < 1.29 is 8.42 Å². The van der Waals surface area contributed by atoms with Gasteiger partial charge < -0.3 is 10.3 Å². The third-order valence-electron chi connectivity index (χ3n) is 3.65. The number of sulfonamides is 1. The van der Waals surface area contributed by atoms with Crippen molar-refractivity contribution in [2.75, 3.05) is 13.1 Å². The average molecular weight is 301 g/mol. The molecule has 0 spiro atoms. The van der Waals surface area contributed by atoms with E-state index in [4.69, 9.17) is 0 Å². The van der Waals surface area contributed by atoms with Gasteiger partial charge in [0.1, 0.15) is 0 Å². The SMILES string of the molecule is CCNCc1cc(S(=O)(=O)NCC(C)C(C)(C)C)c[nH]1. The van der Waals surface area contributed by atoms with Crippen LogP contribution in [0.4, 0.5) is 0 Å². The average Bonchev–Trinajstić information content (AvgIpc) is 2.81. The van der Waals surface area contributed by atoms with Crippen molar-refractivity contribution in [3.63, 3.8) is 0 Å². The topological polar surface area (TPSA) is 74.0 Å². The molecule has 1 atom stereocenters. The first-order valence-corrected chi connectivity index (χ1v) is 8.53. The van der Waals surface area contributed by atoms with E-state index in [1.54, 1.807) is 6.07 Å². The monoisotopic (exact) mass is 301 g/mol. The van der Waals surface area contributed by atoms with Crippen molar-refractivity contribution in [1.29, 1.82) is 0 Å². The molecule has 0 saturated heterocycles. The fourth-order valence-electron chi connectivity index (χ4n) is 1.56. The van der Waals surface area contributed by atoms with Crippen molar-refractivity contribution in [2.45, 2.75) is 46.1 Å². The van der Waals surface area contributed by atoms with Gasteiger partial charge in [0.05, 0.1) is 4.90 Å². The lowest BCUT2D eigenvalue weighted by Crippen LogP contribution is -2.33. The van der Waals surface area contributed by atoms with E-state index in [9.17, 15) is 8.42 Å². The second-order valence-electron chi connectivity index (χ2n) is 6.26. The highest BCUT2D eigenvalue weighted by Crippen LogP contribution is 2.24. The maximum Gasteiger partial charge on any atom is 0.242 e. The first kappa shape index (κ1) is 17.2. The third kappa shape index (κ3) is 4.92. The van der Waals surface area contributed by atoms with Gasteiger partial charge in [0.25, 0.3) is 0 Å². The summed E-state index contributed by atoms with van der Waals surface area (Å²) in [5.41, 5.74) is 0.952. The molecule has 116 valence electrons. The van der Waals surface area contributed by atoms with Gasteiger partial charge in [-0.05, 0) is 23.9 Å². The van der Waals surface area contributed by atoms with Gasteiger partial charge in [0.2, 0.25) is 10.0 Å². The molecular weight excluding hydrogens is 274 g/mol. The van der Waals surface area contributed by atoms with Crippen LogP contribution in [0, 0.1) is 11.3 Å². The summed E-state index contributed by atoms with van der Waals surface area (Å²) in [6.45, 7) is 12.3. The number of hydrogen-bond donors (Lipinski definition) is 3. The molecule has 0 aliphatic heterocycles. The van der Waals surface area contributed by atoms with Crippen LogP contribution in [-0.4, -0.2) is 26.5 Å². The van der Waals surface area contributed by atoms with Gasteiger partial charge in [0, 0.05) is 25.0 Å². The summed E-state index contributed by atoms with van der Waals surface area (Å²) in [5, 5.41) is 3.15. The van der Waals surface area contributed by atoms with E-state index in [2.05, 4.69) is 42.7 Å². The summed E-state index contributed by atoms with van der Waals surface area (Å²) in [4.78, 5) is 3.28. The zero-order valence-electron chi connectivity index (χ0n) is 13.1. The summed E-state index contributed by atoms with van der Waals surface area (Å²) in [6, 6.07) is 1.67. The van der Waals surface area contributed by atoms with Gasteiger partial charge in [-0.15, -0.1) is 0 Å². The third-order valence-corrected chi connectivity index (χ3v) is 5.05. The molecule has 0 saturated carbocycles. The molecule has 1 aromatic rings. The summed E-state index contributed by atoms with van der Waals surface area (Å²) >= 11 is 0. The van der Waals surface area contributed by atoms with E-state index in [0.29, 0.717) is 18.0 Å². The second kappa shape index (κ2) is 6.74. The maximum atomic E-state index is 12.2. The molecule has 0 amide bonds. The predicted octanol–water partition coefficient (Wildman–Crippen LogP) is 2.08. The van der Waals surface area contributed by atoms with Crippen LogP contribution in [0.15, 0.2) is 17.2 Å². The minimum Gasteiger partial charge on any atom is -0.363 e. The Morgan fingerprint density at radius 3 is 2.55 bits per heavy atom. The Bertz CT molecular complexity index is 515. The molecule has 0 aromatic carbocycles. The molecule has 0 radical (unpaired) electrons. The lowest BCUT2D eigenvalue weighted by Gasteiger charge is -2.27. The van der Waals surface area contributed by atoms with Crippen molar-refractivity contribution >= 4 is 10.0 Å². The number of hydrogen-bond acceptors (Lipinski definition) is 3. The quantitative estimate of drug-likeness (QED) is 0.722. The van der Waals surface area contributed by atoms with E-state index >= 15 is 0 Å². The van der Waals surface area contributed by atoms with Crippen LogP contribution in [-0.2, 0) is 16.6 Å². The van der Waals surface area contributed by atoms with E-state index in [1.807, 2.05) is 6.92 Å². The standard InChI is InChI=1S/C14H27N3O2S/c1-6-15-9-12-7-13(10-16-12)20(18,19)17-8-11(2)14(3,4)5/h7,10-11,15-17H,6,8-9H2,1-5H3. The van der Waals surface area contributed by atoms with Crippen LogP contribution in [0.25, 0.3) is 0 Å². The van der Waals surface area contributed by atoms with Crippen LogP contribution in [0.5, 0.6) is 0 Å². The molecule has 0 bridgehead atoms. The molecule has 0 aliphatic carbocycles. The number of rotatable bonds is 7. The van der Waals surface area contributed by atoms with E-state index in [1.165, 1.54) is 6.20 Å².